The maximum atomic E-state index is 11.5. The third-order valence-electron chi connectivity index (χ3n) is 2.61. The fourth-order valence-corrected chi connectivity index (χ4v) is 1.67. The van der Waals surface area contributed by atoms with Gasteiger partial charge < -0.3 is 19.5 Å². The zero-order valence-corrected chi connectivity index (χ0v) is 12.6. The third kappa shape index (κ3) is 5.82. The first-order valence-electron chi connectivity index (χ1n) is 6.67. The second-order valence-corrected chi connectivity index (χ2v) is 4.84. The predicted molar refractivity (Wildman–Crippen MR) is 77.5 cm³/mol. The minimum Gasteiger partial charge on any atom is -0.496 e. The van der Waals surface area contributed by atoms with Crippen LogP contribution in [-0.2, 0) is 4.79 Å². The van der Waals surface area contributed by atoms with E-state index >= 15 is 0 Å². The minimum absolute atomic E-state index is 0.0480. The lowest BCUT2D eigenvalue weighted by molar-refractivity contribution is -0.121. The number of rotatable bonds is 8. The molecule has 5 nitrogen and oxygen atoms in total. The van der Waals surface area contributed by atoms with Crippen molar-refractivity contribution >= 4 is 5.91 Å². The van der Waals surface area contributed by atoms with Gasteiger partial charge in [0.2, 0.25) is 5.91 Å². The van der Waals surface area contributed by atoms with Crippen LogP contribution < -0.4 is 19.5 Å². The van der Waals surface area contributed by atoms with Gasteiger partial charge in [-0.25, -0.2) is 0 Å². The summed E-state index contributed by atoms with van der Waals surface area (Å²) in [7, 11) is 3.18. The first kappa shape index (κ1) is 16.1. The molecule has 112 valence electrons. The molecule has 0 aliphatic rings. The van der Waals surface area contributed by atoms with Crippen LogP contribution >= 0.6 is 0 Å². The number of benzene rings is 1. The van der Waals surface area contributed by atoms with E-state index < -0.39 is 0 Å². The van der Waals surface area contributed by atoms with E-state index in [9.17, 15) is 4.79 Å². The molecule has 0 radical (unpaired) electrons. The molecule has 0 unspecified atom stereocenters. The van der Waals surface area contributed by atoms with Gasteiger partial charge in [0.15, 0.2) is 0 Å². The topological polar surface area (TPSA) is 56.8 Å². The standard InChI is InChI=1S/C15H23NO4/c1-11(2)7-15(17)16-5-6-20-14-9-12(18-3)8-13(10-14)19-4/h8-11H,5-7H2,1-4H3,(H,16,17). The molecular weight excluding hydrogens is 258 g/mol. The molecule has 0 saturated heterocycles. The minimum atomic E-state index is 0.0480. The van der Waals surface area contributed by atoms with Gasteiger partial charge in [-0.3, -0.25) is 4.79 Å². The van der Waals surface area contributed by atoms with Crippen molar-refractivity contribution in [3.05, 3.63) is 18.2 Å². The van der Waals surface area contributed by atoms with E-state index in [1.165, 1.54) is 0 Å². The molecule has 1 aromatic carbocycles. The molecule has 0 aliphatic heterocycles. The van der Waals surface area contributed by atoms with Gasteiger partial charge >= 0.3 is 0 Å². The number of carbonyl (C=O) groups excluding carboxylic acids is 1. The monoisotopic (exact) mass is 281 g/mol. The van der Waals surface area contributed by atoms with Gasteiger partial charge in [-0.15, -0.1) is 0 Å². The molecule has 0 aromatic heterocycles. The summed E-state index contributed by atoms with van der Waals surface area (Å²) < 4.78 is 15.9. The summed E-state index contributed by atoms with van der Waals surface area (Å²) in [6.45, 7) is 4.91. The van der Waals surface area contributed by atoms with E-state index in [1.54, 1.807) is 32.4 Å². The van der Waals surface area contributed by atoms with E-state index in [4.69, 9.17) is 14.2 Å². The van der Waals surface area contributed by atoms with E-state index in [0.717, 1.165) is 0 Å². The number of hydrogen-bond acceptors (Lipinski definition) is 4. The van der Waals surface area contributed by atoms with Crippen molar-refractivity contribution in [3.8, 4) is 17.2 Å². The molecular formula is C15H23NO4. The number of hydrogen-bond donors (Lipinski definition) is 1. The van der Waals surface area contributed by atoms with E-state index in [0.29, 0.717) is 42.7 Å². The molecule has 20 heavy (non-hydrogen) atoms. The third-order valence-corrected chi connectivity index (χ3v) is 2.61. The zero-order valence-electron chi connectivity index (χ0n) is 12.6. The van der Waals surface area contributed by atoms with Crippen LogP contribution in [0.15, 0.2) is 18.2 Å². The molecule has 1 rings (SSSR count). The SMILES string of the molecule is COc1cc(OC)cc(OCCNC(=O)CC(C)C)c1. The van der Waals surface area contributed by atoms with Crippen molar-refractivity contribution in [2.45, 2.75) is 20.3 Å². The Bertz CT molecular complexity index is 410. The van der Waals surface area contributed by atoms with Crippen LogP contribution in [0.2, 0.25) is 0 Å². The summed E-state index contributed by atoms with van der Waals surface area (Å²) in [5.41, 5.74) is 0. The van der Waals surface area contributed by atoms with Crippen LogP contribution in [0.3, 0.4) is 0 Å². The van der Waals surface area contributed by atoms with E-state index in [1.807, 2.05) is 13.8 Å². The van der Waals surface area contributed by atoms with Crippen LogP contribution in [0.1, 0.15) is 20.3 Å². The van der Waals surface area contributed by atoms with Gasteiger partial charge in [0, 0.05) is 24.6 Å². The van der Waals surface area contributed by atoms with E-state index in [2.05, 4.69) is 5.32 Å². The number of amides is 1. The summed E-state index contributed by atoms with van der Waals surface area (Å²) in [5, 5.41) is 2.82. The molecule has 1 amide bonds. The number of nitrogens with one attached hydrogen (secondary N) is 1. The van der Waals surface area contributed by atoms with Crippen molar-refractivity contribution in [1.29, 1.82) is 0 Å². The van der Waals surface area contributed by atoms with Crippen LogP contribution in [0, 0.1) is 5.92 Å². The Morgan fingerprint density at radius 2 is 1.65 bits per heavy atom. The van der Waals surface area contributed by atoms with Gasteiger partial charge in [-0.2, -0.15) is 0 Å². The highest BCUT2D eigenvalue weighted by atomic mass is 16.5. The Kier molecular flexibility index (Phi) is 6.70. The molecule has 0 aliphatic carbocycles. The van der Waals surface area contributed by atoms with Crippen molar-refractivity contribution in [2.75, 3.05) is 27.4 Å². The average molecular weight is 281 g/mol. The van der Waals surface area contributed by atoms with Crippen molar-refractivity contribution in [2.24, 2.45) is 5.92 Å². The van der Waals surface area contributed by atoms with Gasteiger partial charge in [-0.05, 0) is 5.92 Å². The molecule has 0 heterocycles. The lowest BCUT2D eigenvalue weighted by atomic mass is 10.1. The van der Waals surface area contributed by atoms with Crippen LogP contribution in [-0.4, -0.2) is 33.3 Å². The molecule has 0 spiro atoms. The number of ether oxygens (including phenoxy) is 3. The number of carbonyl (C=O) groups is 1. The molecule has 1 N–H and O–H groups in total. The summed E-state index contributed by atoms with van der Waals surface area (Å²) >= 11 is 0. The van der Waals surface area contributed by atoms with Gasteiger partial charge in [-0.1, -0.05) is 13.8 Å². The maximum Gasteiger partial charge on any atom is 0.220 e. The predicted octanol–water partition coefficient (Wildman–Crippen LogP) is 2.24. The lowest BCUT2D eigenvalue weighted by Crippen LogP contribution is -2.28. The van der Waals surface area contributed by atoms with Crippen LogP contribution in [0.4, 0.5) is 0 Å². The summed E-state index contributed by atoms with van der Waals surface area (Å²) in [4.78, 5) is 11.5. The Hall–Kier alpha value is -1.91. The number of methoxy groups -OCH3 is 2. The smallest absolute Gasteiger partial charge is 0.220 e. The van der Waals surface area contributed by atoms with Crippen molar-refractivity contribution in [3.63, 3.8) is 0 Å². The highest BCUT2D eigenvalue weighted by Crippen LogP contribution is 2.27. The average Bonchev–Trinajstić information content (AvgIpc) is 2.42. The first-order valence-corrected chi connectivity index (χ1v) is 6.67. The second kappa shape index (κ2) is 8.30. The van der Waals surface area contributed by atoms with Gasteiger partial charge in [0.25, 0.3) is 0 Å². The molecule has 0 saturated carbocycles. The zero-order chi connectivity index (χ0) is 15.0. The quantitative estimate of drug-likeness (QED) is 0.742. The van der Waals surface area contributed by atoms with Crippen LogP contribution in [0.5, 0.6) is 17.2 Å². The Balaban J connectivity index is 2.40. The second-order valence-electron chi connectivity index (χ2n) is 4.84. The highest BCUT2D eigenvalue weighted by molar-refractivity contribution is 5.75. The molecule has 0 bridgehead atoms. The Morgan fingerprint density at radius 3 is 2.15 bits per heavy atom. The summed E-state index contributed by atoms with van der Waals surface area (Å²) in [6, 6.07) is 5.33. The maximum absolute atomic E-state index is 11.5. The molecule has 0 fully saturated rings. The first-order chi connectivity index (χ1) is 9.55. The lowest BCUT2D eigenvalue weighted by Gasteiger charge is -2.11. The van der Waals surface area contributed by atoms with Crippen LogP contribution in [0.25, 0.3) is 0 Å². The fourth-order valence-electron chi connectivity index (χ4n) is 1.67. The van der Waals surface area contributed by atoms with Crippen molar-refractivity contribution in [1.82, 2.24) is 5.32 Å². The normalized spacial score (nSPS) is 10.2. The fraction of sp³-hybridized carbons (Fsp3) is 0.533. The molecule has 1 aromatic rings. The summed E-state index contributed by atoms with van der Waals surface area (Å²) in [5.74, 6) is 2.40. The van der Waals surface area contributed by atoms with E-state index in [-0.39, 0.29) is 5.91 Å². The molecule has 0 atom stereocenters. The van der Waals surface area contributed by atoms with Crippen molar-refractivity contribution < 1.29 is 19.0 Å². The summed E-state index contributed by atoms with van der Waals surface area (Å²) in [6.07, 6.45) is 0.535. The largest absolute Gasteiger partial charge is 0.496 e. The van der Waals surface area contributed by atoms with Gasteiger partial charge in [0.1, 0.15) is 23.9 Å². The Labute approximate surface area is 120 Å². The Morgan fingerprint density at radius 1 is 1.10 bits per heavy atom. The molecule has 5 heteroatoms. The highest BCUT2D eigenvalue weighted by Gasteiger charge is 2.05. The van der Waals surface area contributed by atoms with Gasteiger partial charge in [0.05, 0.1) is 20.8 Å².